The Labute approximate surface area is 103 Å². The maximum Gasteiger partial charge on any atom is 0.256 e. The number of nitrogens with zero attached hydrogens (tertiary/aromatic N) is 1. The van der Waals surface area contributed by atoms with Crippen molar-refractivity contribution in [2.75, 3.05) is 11.9 Å². The molecule has 0 aliphatic rings. The van der Waals surface area contributed by atoms with Gasteiger partial charge in [0, 0.05) is 17.2 Å². The van der Waals surface area contributed by atoms with Gasteiger partial charge in [0.05, 0.1) is 0 Å². The van der Waals surface area contributed by atoms with Crippen LogP contribution in [0.1, 0.15) is 15.9 Å². The van der Waals surface area contributed by atoms with Crippen molar-refractivity contribution < 1.29 is 14.4 Å². The fourth-order valence-electron chi connectivity index (χ4n) is 1.35. The molecule has 2 aromatic rings. The summed E-state index contributed by atoms with van der Waals surface area (Å²) < 4.78 is 4.61. The molecule has 0 unspecified atom stereocenters. The van der Waals surface area contributed by atoms with Crippen LogP contribution in [0.3, 0.4) is 0 Å². The number of anilines is 1. The number of nitrogens with one attached hydrogen (secondary N) is 1. The lowest BCUT2D eigenvalue weighted by Gasteiger charge is -2.01. The van der Waals surface area contributed by atoms with Crippen LogP contribution >= 0.6 is 0 Å². The molecule has 0 fully saturated rings. The lowest BCUT2D eigenvalue weighted by atomic mass is 10.1. The molecule has 0 radical (unpaired) electrons. The topological polar surface area (TPSA) is 75.4 Å². The van der Waals surface area contributed by atoms with E-state index in [9.17, 15) is 4.79 Å². The van der Waals surface area contributed by atoms with Crippen LogP contribution in [-0.4, -0.2) is 22.8 Å². The Hall–Kier alpha value is -2.58. The van der Waals surface area contributed by atoms with E-state index in [0.29, 0.717) is 16.9 Å². The molecule has 1 amide bonds. The van der Waals surface area contributed by atoms with E-state index in [1.165, 1.54) is 6.26 Å². The van der Waals surface area contributed by atoms with E-state index in [1.54, 1.807) is 30.3 Å². The highest BCUT2D eigenvalue weighted by molar-refractivity contribution is 6.03. The minimum Gasteiger partial charge on any atom is -0.384 e. The first-order valence-electron chi connectivity index (χ1n) is 5.21. The van der Waals surface area contributed by atoms with Crippen molar-refractivity contribution in [3.05, 3.63) is 47.7 Å². The molecule has 5 nitrogen and oxygen atoms in total. The van der Waals surface area contributed by atoms with Gasteiger partial charge in [-0.15, -0.1) is 0 Å². The lowest BCUT2D eigenvalue weighted by Crippen LogP contribution is -2.12. The smallest absolute Gasteiger partial charge is 0.256 e. The second-order valence-corrected chi connectivity index (χ2v) is 3.38. The zero-order valence-electron chi connectivity index (χ0n) is 9.38. The Morgan fingerprint density at radius 2 is 2.33 bits per heavy atom. The third-order valence-corrected chi connectivity index (χ3v) is 2.12. The van der Waals surface area contributed by atoms with Crippen LogP contribution in [0.15, 0.2) is 41.1 Å². The van der Waals surface area contributed by atoms with Crippen molar-refractivity contribution in [2.45, 2.75) is 0 Å². The number of amides is 1. The van der Waals surface area contributed by atoms with Gasteiger partial charge >= 0.3 is 0 Å². The Bertz CT molecular complexity index is 594. The maximum atomic E-state index is 11.8. The largest absolute Gasteiger partial charge is 0.384 e. The molecule has 2 N–H and O–H groups in total. The summed E-state index contributed by atoms with van der Waals surface area (Å²) in [6.45, 7) is -0.213. The van der Waals surface area contributed by atoms with Gasteiger partial charge in [-0.05, 0) is 18.2 Å². The van der Waals surface area contributed by atoms with E-state index >= 15 is 0 Å². The summed E-state index contributed by atoms with van der Waals surface area (Å²) in [4.78, 5) is 11.8. The van der Waals surface area contributed by atoms with Crippen LogP contribution < -0.4 is 5.32 Å². The molecule has 0 bridgehead atoms. The number of aromatic nitrogens is 1. The zero-order chi connectivity index (χ0) is 12.8. The van der Waals surface area contributed by atoms with Crippen LogP contribution in [0.4, 0.5) is 5.82 Å². The van der Waals surface area contributed by atoms with Crippen LogP contribution in [0, 0.1) is 11.8 Å². The minimum atomic E-state index is -0.295. The van der Waals surface area contributed by atoms with Crippen molar-refractivity contribution in [3.63, 3.8) is 0 Å². The van der Waals surface area contributed by atoms with E-state index < -0.39 is 0 Å². The first-order valence-corrected chi connectivity index (χ1v) is 5.21. The second kappa shape index (κ2) is 5.66. The van der Waals surface area contributed by atoms with Crippen LogP contribution in [0.5, 0.6) is 0 Å². The Kier molecular flexibility index (Phi) is 3.74. The Balaban J connectivity index is 2.15. The highest BCUT2D eigenvalue weighted by atomic mass is 16.5. The van der Waals surface area contributed by atoms with Gasteiger partial charge in [0.25, 0.3) is 5.91 Å². The monoisotopic (exact) mass is 242 g/mol. The molecule has 1 heterocycles. The predicted molar refractivity (Wildman–Crippen MR) is 64.9 cm³/mol. The standard InChI is InChI=1S/C13H10N2O3/c16-7-2-4-10-3-1-5-11(9-10)13(17)14-12-6-8-18-15-12/h1,3,5-6,8-9,16H,7H2,(H,14,15,17). The molecule has 0 saturated carbocycles. The highest BCUT2D eigenvalue weighted by Crippen LogP contribution is 2.08. The Morgan fingerprint density at radius 1 is 1.44 bits per heavy atom. The summed E-state index contributed by atoms with van der Waals surface area (Å²) in [5, 5.41) is 14.8. The molecule has 1 aromatic carbocycles. The summed E-state index contributed by atoms with van der Waals surface area (Å²) in [5.74, 6) is 5.32. The number of benzene rings is 1. The minimum absolute atomic E-state index is 0.213. The quantitative estimate of drug-likeness (QED) is 0.778. The molecule has 0 atom stereocenters. The van der Waals surface area contributed by atoms with Gasteiger partial charge in [-0.25, -0.2) is 0 Å². The van der Waals surface area contributed by atoms with E-state index in [2.05, 4.69) is 26.8 Å². The maximum absolute atomic E-state index is 11.8. The molecular weight excluding hydrogens is 232 g/mol. The third-order valence-electron chi connectivity index (χ3n) is 2.12. The van der Waals surface area contributed by atoms with Crippen molar-refractivity contribution in [3.8, 4) is 11.8 Å². The summed E-state index contributed by atoms with van der Waals surface area (Å²) in [7, 11) is 0. The van der Waals surface area contributed by atoms with Crippen molar-refractivity contribution in [1.29, 1.82) is 0 Å². The number of hydrogen-bond acceptors (Lipinski definition) is 4. The van der Waals surface area contributed by atoms with E-state index in [0.717, 1.165) is 0 Å². The number of aliphatic hydroxyl groups is 1. The number of aliphatic hydroxyl groups excluding tert-OH is 1. The second-order valence-electron chi connectivity index (χ2n) is 3.38. The fourth-order valence-corrected chi connectivity index (χ4v) is 1.35. The first-order chi connectivity index (χ1) is 8.79. The van der Waals surface area contributed by atoms with Crippen molar-refractivity contribution in [2.24, 2.45) is 0 Å². The van der Waals surface area contributed by atoms with Gasteiger partial charge in [-0.1, -0.05) is 23.1 Å². The highest BCUT2D eigenvalue weighted by Gasteiger charge is 2.07. The normalized spacial score (nSPS) is 9.39. The van der Waals surface area contributed by atoms with Gasteiger partial charge in [0.1, 0.15) is 12.9 Å². The summed E-state index contributed by atoms with van der Waals surface area (Å²) >= 11 is 0. The average Bonchev–Trinajstić information content (AvgIpc) is 2.89. The van der Waals surface area contributed by atoms with Gasteiger partial charge < -0.3 is 14.9 Å². The zero-order valence-corrected chi connectivity index (χ0v) is 9.38. The molecule has 2 rings (SSSR count). The van der Waals surface area contributed by atoms with Gasteiger partial charge in [-0.2, -0.15) is 0 Å². The fraction of sp³-hybridized carbons (Fsp3) is 0.0769. The molecule has 0 aliphatic carbocycles. The van der Waals surface area contributed by atoms with Crippen LogP contribution in [0.2, 0.25) is 0 Å². The van der Waals surface area contributed by atoms with Crippen molar-refractivity contribution in [1.82, 2.24) is 5.16 Å². The molecular formula is C13H10N2O3. The summed E-state index contributed by atoms with van der Waals surface area (Å²) in [5.41, 5.74) is 1.12. The number of rotatable bonds is 2. The molecule has 0 aliphatic heterocycles. The van der Waals surface area contributed by atoms with Gasteiger partial charge in [0.15, 0.2) is 5.82 Å². The number of carbonyl (C=O) groups is 1. The molecule has 1 aromatic heterocycles. The number of carbonyl (C=O) groups excluding carboxylic acids is 1. The van der Waals surface area contributed by atoms with Crippen molar-refractivity contribution >= 4 is 11.7 Å². The molecule has 18 heavy (non-hydrogen) atoms. The van der Waals surface area contributed by atoms with Gasteiger partial charge in [0.2, 0.25) is 0 Å². The summed E-state index contributed by atoms with van der Waals surface area (Å²) in [6.07, 6.45) is 1.37. The molecule has 90 valence electrons. The van der Waals surface area contributed by atoms with Gasteiger partial charge in [-0.3, -0.25) is 4.79 Å². The Morgan fingerprint density at radius 3 is 3.06 bits per heavy atom. The molecule has 0 saturated heterocycles. The molecule has 5 heteroatoms. The van der Waals surface area contributed by atoms with E-state index in [4.69, 9.17) is 5.11 Å². The van der Waals surface area contributed by atoms with E-state index in [1.807, 2.05) is 0 Å². The summed E-state index contributed by atoms with van der Waals surface area (Å²) in [6, 6.07) is 8.33. The predicted octanol–water partition coefficient (Wildman–Crippen LogP) is 1.27. The third kappa shape index (κ3) is 2.97. The average molecular weight is 242 g/mol. The van der Waals surface area contributed by atoms with Crippen LogP contribution in [0.25, 0.3) is 0 Å². The lowest BCUT2D eigenvalue weighted by molar-refractivity contribution is 0.102. The van der Waals surface area contributed by atoms with E-state index in [-0.39, 0.29) is 12.5 Å². The number of hydrogen-bond donors (Lipinski definition) is 2. The first kappa shape index (κ1) is 11.9. The van der Waals surface area contributed by atoms with Crippen LogP contribution in [-0.2, 0) is 0 Å². The molecule has 0 spiro atoms. The SMILES string of the molecule is O=C(Nc1ccon1)c1cccc(C#CCO)c1.